The molecule has 6 heteroatoms. The molecule has 0 unspecified atom stereocenters. The Morgan fingerprint density at radius 2 is 1.41 bits per heavy atom. The van der Waals surface area contributed by atoms with E-state index in [0.717, 1.165) is 52.3 Å². The summed E-state index contributed by atoms with van der Waals surface area (Å²) in [5.41, 5.74) is 4.52. The van der Waals surface area contributed by atoms with Crippen LogP contribution in [0, 0.1) is 5.41 Å². The molecule has 0 amide bonds. The molecule has 0 spiro atoms. The summed E-state index contributed by atoms with van der Waals surface area (Å²) in [7, 11) is 3.33. The second kappa shape index (κ2) is 11.7. The Hall–Kier alpha value is -3.44. The first-order valence-electron chi connectivity index (χ1n) is 13.3. The van der Waals surface area contributed by atoms with Crippen molar-refractivity contribution in [2.24, 2.45) is 5.41 Å². The molecule has 1 saturated carbocycles. The molecule has 3 aromatic rings. The van der Waals surface area contributed by atoms with Crippen molar-refractivity contribution in [2.45, 2.75) is 59.2 Å². The third-order valence-corrected chi connectivity index (χ3v) is 7.30. The summed E-state index contributed by atoms with van der Waals surface area (Å²) >= 11 is 6.85. The molecule has 206 valence electrons. The van der Waals surface area contributed by atoms with Crippen LogP contribution in [0.3, 0.4) is 0 Å². The van der Waals surface area contributed by atoms with E-state index in [1.54, 1.807) is 20.3 Å². The first kappa shape index (κ1) is 28.6. The predicted molar refractivity (Wildman–Crippen MR) is 158 cm³/mol. The fraction of sp³-hybridized carbons (Fsp3) is 0.364. The summed E-state index contributed by atoms with van der Waals surface area (Å²) in [6, 6.07) is 22.2. The van der Waals surface area contributed by atoms with Gasteiger partial charge in [-0.25, -0.2) is 4.79 Å². The van der Waals surface area contributed by atoms with Crippen molar-refractivity contribution >= 4 is 28.8 Å². The van der Waals surface area contributed by atoms with Gasteiger partial charge in [-0.3, -0.25) is 0 Å². The molecule has 0 aliphatic heterocycles. The van der Waals surface area contributed by atoms with Crippen molar-refractivity contribution in [3.05, 3.63) is 94.5 Å². The molecule has 1 aliphatic rings. The summed E-state index contributed by atoms with van der Waals surface area (Å²) in [4.78, 5) is 15.1. The zero-order valence-electron chi connectivity index (χ0n) is 23.7. The van der Waals surface area contributed by atoms with Crippen LogP contribution in [0.5, 0.6) is 11.5 Å². The highest BCUT2D eigenvalue weighted by atomic mass is 35.5. The summed E-state index contributed by atoms with van der Waals surface area (Å²) < 4.78 is 16.3. The number of hydrogen-bond donors (Lipinski definition) is 0. The Labute approximate surface area is 237 Å². The predicted octanol–water partition coefficient (Wildman–Crippen LogP) is 8.09. The number of rotatable bonds is 10. The second-order valence-electron chi connectivity index (χ2n) is 11.4. The van der Waals surface area contributed by atoms with Crippen LogP contribution in [0.2, 0.25) is 5.02 Å². The number of ether oxygens (including phenoxy) is 3. The smallest absolute Gasteiger partial charge is 0.331 e. The van der Waals surface area contributed by atoms with Crippen LogP contribution >= 0.6 is 11.6 Å². The largest absolute Gasteiger partial charge is 0.497 e. The van der Waals surface area contributed by atoms with Gasteiger partial charge in [-0.1, -0.05) is 48.9 Å². The van der Waals surface area contributed by atoms with E-state index in [0.29, 0.717) is 18.1 Å². The molecule has 1 aliphatic carbocycles. The van der Waals surface area contributed by atoms with Crippen LogP contribution in [-0.4, -0.2) is 25.8 Å². The first-order chi connectivity index (χ1) is 18.5. The van der Waals surface area contributed by atoms with Crippen molar-refractivity contribution in [1.29, 1.82) is 0 Å². The molecule has 3 aromatic carbocycles. The zero-order valence-corrected chi connectivity index (χ0v) is 24.5. The maximum absolute atomic E-state index is 12.8. The molecule has 0 saturated heterocycles. The van der Waals surface area contributed by atoms with Gasteiger partial charge in [-0.2, -0.15) is 0 Å². The Morgan fingerprint density at radius 3 is 1.85 bits per heavy atom. The van der Waals surface area contributed by atoms with E-state index in [1.807, 2.05) is 57.2 Å². The molecule has 0 heterocycles. The lowest BCUT2D eigenvalue weighted by Gasteiger charge is -2.28. The van der Waals surface area contributed by atoms with Crippen molar-refractivity contribution in [2.75, 3.05) is 19.1 Å². The molecule has 39 heavy (non-hydrogen) atoms. The Morgan fingerprint density at radius 1 is 0.897 bits per heavy atom. The fourth-order valence-electron chi connectivity index (χ4n) is 4.56. The molecule has 0 N–H and O–H groups in total. The van der Waals surface area contributed by atoms with Gasteiger partial charge in [0.25, 0.3) is 0 Å². The SMILES string of the molecule is COc1ccc(CN(Cc2ccc(OC)cc2)c2cc(/C(=C/C(=O)OC(C)(C)C)C3(C)CC3)ccc2Cl)cc1. The molecule has 4 rings (SSSR count). The Bertz CT molecular complexity index is 1270. The van der Waals surface area contributed by atoms with Gasteiger partial charge >= 0.3 is 5.97 Å². The van der Waals surface area contributed by atoms with Gasteiger partial charge in [-0.15, -0.1) is 0 Å². The maximum Gasteiger partial charge on any atom is 0.331 e. The minimum Gasteiger partial charge on any atom is -0.497 e. The molecule has 0 aromatic heterocycles. The number of nitrogens with zero attached hydrogens (tertiary/aromatic N) is 1. The van der Waals surface area contributed by atoms with E-state index in [1.165, 1.54) is 0 Å². The Kier molecular flexibility index (Phi) is 8.60. The number of methoxy groups -OCH3 is 2. The summed E-state index contributed by atoms with van der Waals surface area (Å²) in [5.74, 6) is 1.31. The second-order valence-corrected chi connectivity index (χ2v) is 11.8. The number of hydrogen-bond acceptors (Lipinski definition) is 5. The van der Waals surface area contributed by atoms with Gasteiger partial charge in [0.05, 0.1) is 24.9 Å². The highest BCUT2D eigenvalue weighted by Gasteiger charge is 2.42. The summed E-state index contributed by atoms with van der Waals surface area (Å²) in [6.45, 7) is 9.13. The van der Waals surface area contributed by atoms with Gasteiger partial charge < -0.3 is 19.1 Å². The number of allylic oxidation sites excluding steroid dienone is 1. The molecule has 0 bridgehead atoms. The fourth-order valence-corrected chi connectivity index (χ4v) is 4.80. The van der Waals surface area contributed by atoms with Crippen LogP contribution in [0.1, 0.15) is 57.2 Å². The normalized spacial score (nSPS) is 14.5. The van der Waals surface area contributed by atoms with Crippen LogP contribution in [0.4, 0.5) is 5.69 Å². The molecular formula is C33H38ClNO4. The average molecular weight is 548 g/mol. The van der Waals surface area contributed by atoms with Crippen molar-refractivity contribution < 1.29 is 19.0 Å². The topological polar surface area (TPSA) is 48.0 Å². The van der Waals surface area contributed by atoms with E-state index in [4.69, 9.17) is 25.8 Å². The van der Waals surface area contributed by atoms with Crippen LogP contribution in [0.15, 0.2) is 72.8 Å². The van der Waals surface area contributed by atoms with Gasteiger partial charge in [0, 0.05) is 19.2 Å². The molecule has 0 atom stereocenters. The van der Waals surface area contributed by atoms with Crippen LogP contribution in [-0.2, 0) is 22.6 Å². The standard InChI is InChI=1S/C33H38ClNO4/c1-32(2,3)39-31(36)20-28(33(4)17-18-33)25-11-16-29(34)30(19-25)35(21-23-7-12-26(37-5)13-8-23)22-24-9-14-27(38-6)15-10-24/h7-16,19-20H,17-18,21-22H2,1-6H3/b28-20-. The van der Waals surface area contributed by atoms with Gasteiger partial charge in [0.15, 0.2) is 0 Å². The van der Waals surface area contributed by atoms with Crippen molar-refractivity contribution in [3.63, 3.8) is 0 Å². The lowest BCUT2D eigenvalue weighted by Crippen LogP contribution is -2.23. The van der Waals surface area contributed by atoms with Crippen LogP contribution < -0.4 is 14.4 Å². The molecule has 1 fully saturated rings. The number of halogens is 1. The van der Waals surface area contributed by atoms with E-state index in [-0.39, 0.29) is 11.4 Å². The van der Waals surface area contributed by atoms with Gasteiger partial charge in [0.2, 0.25) is 0 Å². The monoisotopic (exact) mass is 547 g/mol. The summed E-state index contributed by atoms with van der Waals surface area (Å²) in [5, 5.41) is 0.651. The Balaban J connectivity index is 1.73. The highest BCUT2D eigenvalue weighted by molar-refractivity contribution is 6.33. The number of esters is 1. The number of anilines is 1. The highest BCUT2D eigenvalue weighted by Crippen LogP contribution is 2.55. The van der Waals surface area contributed by atoms with E-state index in [2.05, 4.69) is 42.2 Å². The molecular weight excluding hydrogens is 510 g/mol. The third kappa shape index (κ3) is 7.57. The number of benzene rings is 3. The van der Waals surface area contributed by atoms with Crippen LogP contribution in [0.25, 0.3) is 5.57 Å². The number of carbonyl (C=O) groups excluding carboxylic acids is 1. The maximum atomic E-state index is 12.8. The van der Waals surface area contributed by atoms with E-state index in [9.17, 15) is 4.79 Å². The van der Waals surface area contributed by atoms with Gasteiger partial charge in [-0.05, 0) is 97.7 Å². The first-order valence-corrected chi connectivity index (χ1v) is 13.6. The average Bonchev–Trinajstić information content (AvgIpc) is 3.65. The van der Waals surface area contributed by atoms with Crippen molar-refractivity contribution in [3.8, 4) is 11.5 Å². The molecule has 0 radical (unpaired) electrons. The van der Waals surface area contributed by atoms with E-state index >= 15 is 0 Å². The quantitative estimate of drug-likeness (QED) is 0.189. The van der Waals surface area contributed by atoms with Crippen molar-refractivity contribution in [1.82, 2.24) is 0 Å². The minimum absolute atomic E-state index is 0.0567. The number of carbonyl (C=O) groups is 1. The molecule has 5 nitrogen and oxygen atoms in total. The van der Waals surface area contributed by atoms with E-state index < -0.39 is 5.60 Å². The lowest BCUT2D eigenvalue weighted by molar-refractivity contribution is -0.148. The lowest BCUT2D eigenvalue weighted by atomic mass is 9.90. The summed E-state index contributed by atoms with van der Waals surface area (Å²) in [6.07, 6.45) is 3.73. The van der Waals surface area contributed by atoms with Gasteiger partial charge in [0.1, 0.15) is 17.1 Å². The zero-order chi connectivity index (χ0) is 28.2. The third-order valence-electron chi connectivity index (χ3n) is 6.98. The minimum atomic E-state index is -0.554.